The second-order valence-electron chi connectivity index (χ2n) is 4.87. The summed E-state index contributed by atoms with van der Waals surface area (Å²) >= 11 is 0. The van der Waals surface area contributed by atoms with E-state index >= 15 is 0 Å². The van der Waals surface area contributed by atoms with Gasteiger partial charge in [-0.3, -0.25) is 0 Å². The molecule has 1 aromatic carbocycles. The molecule has 0 spiro atoms. The quantitative estimate of drug-likeness (QED) is 0.916. The first-order valence-electron chi connectivity index (χ1n) is 6.20. The van der Waals surface area contributed by atoms with Gasteiger partial charge in [-0.1, -0.05) is 6.07 Å². The largest absolute Gasteiger partial charge is 0.573 e. The molecule has 0 bridgehead atoms. The Hall–Kier alpha value is -1.48. The molecule has 1 heterocycles. The molecule has 0 unspecified atom stereocenters. The third-order valence-electron chi connectivity index (χ3n) is 2.99. The average Bonchev–Trinajstić information content (AvgIpc) is 2.73. The lowest BCUT2D eigenvalue weighted by Crippen LogP contribution is -2.36. The second-order valence-corrected chi connectivity index (χ2v) is 6.65. The highest BCUT2D eigenvalue weighted by Crippen LogP contribution is 2.28. The topological polar surface area (TPSA) is 58.6 Å². The van der Waals surface area contributed by atoms with Crippen LogP contribution in [0, 0.1) is 0 Å². The lowest BCUT2D eigenvalue weighted by Gasteiger charge is -2.20. The molecule has 118 valence electrons. The fraction of sp³-hybridized carbons (Fsp3) is 0.500. The molecule has 0 saturated carbocycles. The highest BCUT2D eigenvalue weighted by Gasteiger charge is 2.31. The molecule has 0 aliphatic carbocycles. The maximum atomic E-state index is 12.2. The Kier molecular flexibility index (Phi) is 4.33. The van der Waals surface area contributed by atoms with Crippen LogP contribution in [0.4, 0.5) is 18.9 Å². The molecule has 1 atom stereocenters. The van der Waals surface area contributed by atoms with E-state index in [2.05, 4.69) is 9.46 Å². The third-order valence-corrected chi connectivity index (χ3v) is 3.75. The molecule has 1 saturated heterocycles. The Labute approximate surface area is 120 Å². The normalized spacial score (nSPS) is 19.8. The van der Waals surface area contributed by atoms with E-state index in [1.807, 2.05) is 4.90 Å². The van der Waals surface area contributed by atoms with E-state index in [4.69, 9.17) is 0 Å². The van der Waals surface area contributed by atoms with Crippen LogP contribution in [0.3, 0.4) is 0 Å². The smallest absolute Gasteiger partial charge is 0.406 e. The number of halogens is 3. The van der Waals surface area contributed by atoms with Crippen molar-refractivity contribution in [2.24, 2.45) is 0 Å². The molecule has 0 amide bonds. The predicted octanol–water partition coefficient (Wildman–Crippen LogP) is 1.71. The summed E-state index contributed by atoms with van der Waals surface area (Å²) in [5.41, 5.74) is 0.564. The summed E-state index contributed by atoms with van der Waals surface area (Å²) in [4.78, 5) is 1.81. The van der Waals surface area contributed by atoms with Crippen LogP contribution in [0.25, 0.3) is 0 Å². The van der Waals surface area contributed by atoms with Crippen LogP contribution in [0.1, 0.15) is 6.42 Å². The van der Waals surface area contributed by atoms with E-state index in [0.717, 1.165) is 6.26 Å². The highest BCUT2D eigenvalue weighted by atomic mass is 32.2. The first-order valence-corrected chi connectivity index (χ1v) is 8.09. The number of ether oxygens (including phenoxy) is 1. The summed E-state index contributed by atoms with van der Waals surface area (Å²) in [7, 11) is -3.30. The zero-order chi connectivity index (χ0) is 15.7. The Morgan fingerprint density at radius 1 is 1.38 bits per heavy atom. The van der Waals surface area contributed by atoms with Crippen LogP contribution in [-0.2, 0) is 10.0 Å². The van der Waals surface area contributed by atoms with Gasteiger partial charge in [0.1, 0.15) is 5.75 Å². The van der Waals surface area contributed by atoms with Crippen LogP contribution < -0.4 is 14.4 Å². The predicted molar refractivity (Wildman–Crippen MR) is 71.7 cm³/mol. The Morgan fingerprint density at radius 3 is 2.71 bits per heavy atom. The lowest BCUT2D eigenvalue weighted by atomic mass is 10.3. The van der Waals surface area contributed by atoms with Crippen LogP contribution in [0.2, 0.25) is 0 Å². The molecule has 5 nitrogen and oxygen atoms in total. The molecule has 2 rings (SSSR count). The van der Waals surface area contributed by atoms with Gasteiger partial charge in [-0.2, -0.15) is 0 Å². The molecule has 1 aliphatic rings. The number of anilines is 1. The average molecular weight is 324 g/mol. The number of alkyl halides is 3. The molecule has 1 aromatic rings. The van der Waals surface area contributed by atoms with E-state index < -0.39 is 16.4 Å². The highest BCUT2D eigenvalue weighted by molar-refractivity contribution is 7.88. The summed E-state index contributed by atoms with van der Waals surface area (Å²) in [6, 6.07) is 5.39. The zero-order valence-corrected chi connectivity index (χ0v) is 12.0. The van der Waals surface area contributed by atoms with E-state index in [-0.39, 0.29) is 11.8 Å². The molecule has 1 aliphatic heterocycles. The van der Waals surface area contributed by atoms with Gasteiger partial charge in [-0.05, 0) is 18.6 Å². The van der Waals surface area contributed by atoms with Gasteiger partial charge in [0, 0.05) is 30.9 Å². The van der Waals surface area contributed by atoms with Gasteiger partial charge < -0.3 is 9.64 Å². The van der Waals surface area contributed by atoms with Crippen molar-refractivity contribution in [3.8, 4) is 5.75 Å². The number of benzene rings is 1. The van der Waals surface area contributed by atoms with Crippen LogP contribution in [-0.4, -0.2) is 40.2 Å². The molecule has 1 N–H and O–H groups in total. The van der Waals surface area contributed by atoms with E-state index in [1.54, 1.807) is 6.07 Å². The van der Waals surface area contributed by atoms with Crippen molar-refractivity contribution in [1.82, 2.24) is 4.72 Å². The number of rotatable bonds is 4. The van der Waals surface area contributed by atoms with E-state index in [1.165, 1.54) is 18.2 Å². The van der Waals surface area contributed by atoms with Gasteiger partial charge in [0.05, 0.1) is 6.26 Å². The van der Waals surface area contributed by atoms with Gasteiger partial charge in [-0.25, -0.2) is 13.1 Å². The standard InChI is InChI=1S/C12H15F3N2O3S/c1-21(18,19)16-9-5-6-17(8-9)10-3-2-4-11(7-10)20-12(13,14)15/h2-4,7,9,16H,5-6,8H2,1H3/t9-/m1/s1. The minimum atomic E-state index is -4.73. The molecule has 0 radical (unpaired) electrons. The number of nitrogens with one attached hydrogen (secondary N) is 1. The SMILES string of the molecule is CS(=O)(=O)N[C@@H]1CCN(c2cccc(OC(F)(F)F)c2)C1. The Morgan fingerprint density at radius 2 is 2.10 bits per heavy atom. The minimum absolute atomic E-state index is 0.243. The number of hydrogen-bond donors (Lipinski definition) is 1. The van der Waals surface area contributed by atoms with E-state index in [0.29, 0.717) is 25.2 Å². The fourth-order valence-corrected chi connectivity index (χ4v) is 3.07. The molecule has 21 heavy (non-hydrogen) atoms. The second kappa shape index (κ2) is 5.72. The number of sulfonamides is 1. The first-order chi connectivity index (χ1) is 9.62. The molecule has 1 fully saturated rings. The van der Waals surface area contributed by atoms with Gasteiger partial charge >= 0.3 is 6.36 Å². The van der Waals surface area contributed by atoms with Crippen molar-refractivity contribution in [2.45, 2.75) is 18.8 Å². The summed E-state index contributed by atoms with van der Waals surface area (Å²) in [6.45, 7) is 0.963. The first kappa shape index (κ1) is 15.9. The van der Waals surface area contributed by atoms with Crippen LogP contribution in [0.15, 0.2) is 24.3 Å². The molecule has 9 heteroatoms. The van der Waals surface area contributed by atoms with Crippen LogP contribution >= 0.6 is 0 Å². The molecule has 0 aromatic heterocycles. The van der Waals surface area contributed by atoms with Crippen molar-refractivity contribution < 1.29 is 26.3 Å². The summed E-state index contributed by atoms with van der Waals surface area (Å²) in [6.07, 6.45) is -3.06. The van der Waals surface area contributed by atoms with Gasteiger partial charge in [0.2, 0.25) is 10.0 Å². The minimum Gasteiger partial charge on any atom is -0.406 e. The van der Waals surface area contributed by atoms with Gasteiger partial charge in [0.25, 0.3) is 0 Å². The number of hydrogen-bond acceptors (Lipinski definition) is 4. The lowest BCUT2D eigenvalue weighted by molar-refractivity contribution is -0.274. The van der Waals surface area contributed by atoms with Crippen molar-refractivity contribution in [2.75, 3.05) is 24.2 Å². The number of nitrogens with zero attached hydrogens (tertiary/aromatic N) is 1. The Bertz CT molecular complexity index is 604. The summed E-state index contributed by atoms with van der Waals surface area (Å²) < 4.78 is 65.3. The van der Waals surface area contributed by atoms with Gasteiger partial charge in [0.15, 0.2) is 0 Å². The molecular weight excluding hydrogens is 309 g/mol. The molecular formula is C12H15F3N2O3S. The summed E-state index contributed by atoms with van der Waals surface area (Å²) in [5, 5.41) is 0. The van der Waals surface area contributed by atoms with Crippen molar-refractivity contribution >= 4 is 15.7 Å². The maximum Gasteiger partial charge on any atom is 0.573 e. The van der Waals surface area contributed by atoms with Crippen LogP contribution in [0.5, 0.6) is 5.75 Å². The Balaban J connectivity index is 2.05. The zero-order valence-electron chi connectivity index (χ0n) is 11.2. The monoisotopic (exact) mass is 324 g/mol. The van der Waals surface area contributed by atoms with Gasteiger partial charge in [-0.15, -0.1) is 13.2 Å². The van der Waals surface area contributed by atoms with E-state index in [9.17, 15) is 21.6 Å². The third kappa shape index (κ3) is 5.09. The summed E-state index contributed by atoms with van der Waals surface area (Å²) in [5.74, 6) is -0.292. The maximum absolute atomic E-state index is 12.2. The fourth-order valence-electron chi connectivity index (χ4n) is 2.27. The van der Waals surface area contributed by atoms with Crippen molar-refractivity contribution in [3.63, 3.8) is 0 Å². The van der Waals surface area contributed by atoms with Crippen molar-refractivity contribution in [1.29, 1.82) is 0 Å². The van der Waals surface area contributed by atoms with Crippen molar-refractivity contribution in [3.05, 3.63) is 24.3 Å².